The minimum atomic E-state index is -0.945. The summed E-state index contributed by atoms with van der Waals surface area (Å²) in [6, 6.07) is 7.43. The van der Waals surface area contributed by atoms with Crippen LogP contribution in [0.2, 0.25) is 0 Å². The predicted molar refractivity (Wildman–Crippen MR) is 159 cm³/mol. The summed E-state index contributed by atoms with van der Waals surface area (Å²) in [4.78, 5) is 45.6. The molecule has 1 aromatic carbocycles. The van der Waals surface area contributed by atoms with Gasteiger partial charge in [-0.05, 0) is 70.7 Å². The lowest BCUT2D eigenvalue weighted by molar-refractivity contribution is -0.132. The highest BCUT2D eigenvalue weighted by molar-refractivity contribution is 5.86. The number of aromatic nitrogens is 1. The van der Waals surface area contributed by atoms with Gasteiger partial charge in [-0.1, -0.05) is 12.1 Å². The molecule has 234 valence electrons. The minimum absolute atomic E-state index is 0.000271. The second-order valence-corrected chi connectivity index (χ2v) is 12.4. The van der Waals surface area contributed by atoms with Crippen LogP contribution in [0.5, 0.6) is 5.88 Å². The molecule has 2 fully saturated rings. The largest absolute Gasteiger partial charge is 0.474 e. The van der Waals surface area contributed by atoms with Gasteiger partial charge in [-0.3, -0.25) is 4.79 Å². The summed E-state index contributed by atoms with van der Waals surface area (Å²) in [6.07, 6.45) is 3.54. The molecule has 4 rings (SSSR count). The van der Waals surface area contributed by atoms with Gasteiger partial charge in [-0.15, -0.1) is 0 Å². The second kappa shape index (κ2) is 14.1. The minimum Gasteiger partial charge on any atom is -0.474 e. The summed E-state index contributed by atoms with van der Waals surface area (Å²) < 4.78 is 32.0. The van der Waals surface area contributed by atoms with Crippen molar-refractivity contribution in [1.82, 2.24) is 20.1 Å². The lowest BCUT2D eigenvalue weighted by Gasteiger charge is -2.31. The maximum atomic E-state index is 15.3. The van der Waals surface area contributed by atoms with E-state index in [0.717, 1.165) is 12.8 Å². The molecular weight excluding hydrogens is 555 g/mol. The van der Waals surface area contributed by atoms with Gasteiger partial charge in [0.2, 0.25) is 11.8 Å². The van der Waals surface area contributed by atoms with Crippen LogP contribution in [0.1, 0.15) is 65.9 Å². The van der Waals surface area contributed by atoms with Gasteiger partial charge < -0.3 is 29.3 Å². The molecule has 0 radical (unpaired) electrons. The van der Waals surface area contributed by atoms with E-state index in [0.29, 0.717) is 61.6 Å². The molecule has 43 heavy (non-hydrogen) atoms. The normalized spacial score (nSPS) is 16.6. The van der Waals surface area contributed by atoms with E-state index in [1.807, 2.05) is 19.9 Å². The van der Waals surface area contributed by atoms with E-state index in [4.69, 9.17) is 14.2 Å². The van der Waals surface area contributed by atoms with Crippen LogP contribution >= 0.6 is 0 Å². The van der Waals surface area contributed by atoms with Crippen LogP contribution in [0.4, 0.5) is 14.0 Å². The summed E-state index contributed by atoms with van der Waals surface area (Å²) in [6.45, 7) is 11.2. The standard InChI is InChI=1S/C32H43FN4O6/c1-21(2)41-31(40)37-16-12-25(13-17-37)42-28-11-10-24(20-34-28)22-8-9-23(26(33)18-22)19-27(29(38)36-14-6-7-15-36)35-30(39)43-32(3,4)5/h8-11,18,20-21,25,27H,6-7,12-17,19H2,1-5H3,(H,35,39). The number of alkyl carbamates (subject to hydrolysis) is 1. The zero-order valence-electron chi connectivity index (χ0n) is 25.7. The van der Waals surface area contributed by atoms with Crippen molar-refractivity contribution in [3.63, 3.8) is 0 Å². The van der Waals surface area contributed by atoms with Crippen molar-refractivity contribution >= 4 is 18.1 Å². The van der Waals surface area contributed by atoms with Gasteiger partial charge in [0.1, 0.15) is 23.6 Å². The number of hydrogen-bond acceptors (Lipinski definition) is 7. The van der Waals surface area contributed by atoms with Gasteiger partial charge in [0.15, 0.2) is 0 Å². The summed E-state index contributed by atoms with van der Waals surface area (Å²) in [5.41, 5.74) is 0.919. The van der Waals surface area contributed by atoms with Gasteiger partial charge in [-0.25, -0.2) is 19.0 Å². The molecule has 1 aromatic heterocycles. The number of ether oxygens (including phenoxy) is 3. The molecule has 1 N–H and O–H groups in total. The average molecular weight is 599 g/mol. The topological polar surface area (TPSA) is 110 Å². The number of nitrogens with one attached hydrogen (secondary N) is 1. The Hall–Kier alpha value is -3.89. The van der Waals surface area contributed by atoms with Crippen LogP contribution in [0.15, 0.2) is 36.5 Å². The first-order valence-corrected chi connectivity index (χ1v) is 15.0. The van der Waals surface area contributed by atoms with Crippen LogP contribution in [-0.4, -0.2) is 82.9 Å². The van der Waals surface area contributed by atoms with E-state index in [2.05, 4.69) is 10.3 Å². The number of nitrogens with zero attached hydrogens (tertiary/aromatic N) is 3. The first-order chi connectivity index (χ1) is 20.4. The zero-order chi connectivity index (χ0) is 31.1. The van der Waals surface area contributed by atoms with Crippen LogP contribution in [0.25, 0.3) is 11.1 Å². The molecule has 3 heterocycles. The maximum absolute atomic E-state index is 15.3. The average Bonchev–Trinajstić information content (AvgIpc) is 3.48. The van der Waals surface area contributed by atoms with Gasteiger partial charge in [0.05, 0.1) is 6.10 Å². The monoisotopic (exact) mass is 598 g/mol. The van der Waals surface area contributed by atoms with Crippen molar-refractivity contribution in [2.24, 2.45) is 0 Å². The number of piperidine rings is 1. The maximum Gasteiger partial charge on any atom is 0.410 e. The Balaban J connectivity index is 1.37. The molecule has 0 aliphatic carbocycles. The van der Waals surface area contributed by atoms with Crippen molar-refractivity contribution < 1.29 is 33.0 Å². The highest BCUT2D eigenvalue weighted by Gasteiger charge is 2.31. The van der Waals surface area contributed by atoms with Crippen LogP contribution < -0.4 is 10.1 Å². The Bertz CT molecular complexity index is 1270. The highest BCUT2D eigenvalue weighted by Crippen LogP contribution is 2.25. The number of rotatable bonds is 8. The van der Waals surface area contributed by atoms with Crippen molar-refractivity contribution in [3.8, 4) is 17.0 Å². The van der Waals surface area contributed by atoms with E-state index >= 15 is 4.39 Å². The molecule has 0 saturated carbocycles. The number of carbonyl (C=O) groups excluding carboxylic acids is 3. The Morgan fingerprint density at radius 2 is 1.67 bits per heavy atom. The number of benzene rings is 1. The molecule has 10 nitrogen and oxygen atoms in total. The summed E-state index contributed by atoms with van der Waals surface area (Å²) in [5.74, 6) is -0.265. The van der Waals surface area contributed by atoms with Crippen molar-refractivity contribution in [1.29, 1.82) is 0 Å². The number of pyridine rings is 1. The fourth-order valence-corrected chi connectivity index (χ4v) is 5.14. The van der Waals surface area contributed by atoms with E-state index in [-0.39, 0.29) is 30.6 Å². The summed E-state index contributed by atoms with van der Waals surface area (Å²) in [5, 5.41) is 2.66. The number of halogens is 1. The van der Waals surface area contributed by atoms with Crippen LogP contribution in [-0.2, 0) is 20.7 Å². The number of likely N-dealkylation sites (tertiary alicyclic amines) is 2. The van der Waals surface area contributed by atoms with Crippen molar-refractivity contribution in [2.75, 3.05) is 26.2 Å². The first kappa shape index (κ1) is 32.0. The first-order valence-electron chi connectivity index (χ1n) is 15.0. The SMILES string of the molecule is CC(C)OC(=O)N1CCC(Oc2ccc(-c3ccc(CC(NC(=O)OC(C)(C)C)C(=O)N4CCCC4)c(F)c3)cn2)CC1. The third kappa shape index (κ3) is 9.30. The fourth-order valence-electron chi connectivity index (χ4n) is 5.14. The molecule has 3 amide bonds. The zero-order valence-corrected chi connectivity index (χ0v) is 25.7. The van der Waals surface area contributed by atoms with Crippen molar-refractivity contribution in [2.45, 2.75) is 90.6 Å². The van der Waals surface area contributed by atoms with Crippen LogP contribution in [0.3, 0.4) is 0 Å². The summed E-state index contributed by atoms with van der Waals surface area (Å²) >= 11 is 0. The van der Waals surface area contributed by atoms with Gasteiger partial charge in [0, 0.05) is 63.3 Å². The molecule has 0 spiro atoms. The Kier molecular flexibility index (Phi) is 10.5. The third-order valence-electron chi connectivity index (χ3n) is 7.28. The quantitative estimate of drug-likeness (QED) is 0.437. The highest BCUT2D eigenvalue weighted by atomic mass is 19.1. The molecule has 1 atom stereocenters. The van der Waals surface area contributed by atoms with Gasteiger partial charge >= 0.3 is 12.2 Å². The van der Waals surface area contributed by atoms with E-state index in [9.17, 15) is 14.4 Å². The van der Waals surface area contributed by atoms with Gasteiger partial charge in [0.25, 0.3) is 0 Å². The van der Waals surface area contributed by atoms with E-state index < -0.39 is 23.6 Å². The molecule has 11 heteroatoms. The van der Waals surface area contributed by atoms with Crippen molar-refractivity contribution in [3.05, 3.63) is 47.9 Å². The molecule has 2 aliphatic heterocycles. The Morgan fingerprint density at radius 1 is 1.00 bits per heavy atom. The number of hydrogen-bond donors (Lipinski definition) is 1. The predicted octanol–water partition coefficient (Wildman–Crippen LogP) is 5.33. The fraction of sp³-hybridized carbons (Fsp3) is 0.562. The van der Waals surface area contributed by atoms with E-state index in [1.165, 1.54) is 6.07 Å². The summed E-state index contributed by atoms with van der Waals surface area (Å²) in [7, 11) is 0. The number of amides is 3. The number of carbonyl (C=O) groups is 3. The Morgan fingerprint density at radius 3 is 2.26 bits per heavy atom. The molecule has 2 aromatic rings. The second-order valence-electron chi connectivity index (χ2n) is 12.4. The third-order valence-corrected chi connectivity index (χ3v) is 7.28. The molecule has 2 saturated heterocycles. The molecule has 2 aliphatic rings. The molecule has 1 unspecified atom stereocenters. The lowest BCUT2D eigenvalue weighted by Crippen LogP contribution is -2.50. The van der Waals surface area contributed by atoms with E-state index in [1.54, 1.807) is 55.0 Å². The molecule has 0 bridgehead atoms. The van der Waals surface area contributed by atoms with Crippen LogP contribution in [0, 0.1) is 5.82 Å². The lowest BCUT2D eigenvalue weighted by atomic mass is 10.00. The molecular formula is C32H43FN4O6. The van der Waals surface area contributed by atoms with Gasteiger partial charge in [-0.2, -0.15) is 0 Å². The Labute approximate surface area is 252 Å². The smallest absolute Gasteiger partial charge is 0.410 e.